The number of hydrazine groups is 1. The molecule has 0 bridgehead atoms. The van der Waals surface area contributed by atoms with Gasteiger partial charge in [0.15, 0.2) is 5.82 Å². The molecule has 90 valence electrons. The van der Waals surface area contributed by atoms with Crippen LogP contribution in [0.15, 0.2) is 12.4 Å². The minimum Gasteiger partial charge on any atom is -0.391 e. The Kier molecular flexibility index (Phi) is 4.94. The lowest BCUT2D eigenvalue weighted by Crippen LogP contribution is -2.22. The Bertz CT molecular complexity index is 318. The largest absolute Gasteiger partial charge is 0.391 e. The second-order valence-corrected chi connectivity index (χ2v) is 4.10. The van der Waals surface area contributed by atoms with Crippen LogP contribution in [0.25, 0.3) is 0 Å². The molecule has 6 heteroatoms. The third-order valence-electron chi connectivity index (χ3n) is 2.04. The van der Waals surface area contributed by atoms with Gasteiger partial charge in [-0.2, -0.15) is 0 Å². The van der Waals surface area contributed by atoms with Crippen molar-refractivity contribution in [2.75, 3.05) is 17.3 Å². The molecule has 1 atom stereocenters. The topological polar surface area (TPSA) is 96.1 Å². The summed E-state index contributed by atoms with van der Waals surface area (Å²) in [5.74, 6) is 6.77. The first kappa shape index (κ1) is 12.7. The normalized spacial score (nSPS) is 12.6. The highest BCUT2D eigenvalue weighted by Crippen LogP contribution is 2.08. The van der Waals surface area contributed by atoms with Gasteiger partial charge in [-0.15, -0.1) is 0 Å². The van der Waals surface area contributed by atoms with Gasteiger partial charge in [0, 0.05) is 6.54 Å². The van der Waals surface area contributed by atoms with Gasteiger partial charge in [-0.1, -0.05) is 13.8 Å². The van der Waals surface area contributed by atoms with E-state index >= 15 is 0 Å². The molecule has 0 aliphatic heterocycles. The molecule has 1 heterocycles. The Morgan fingerprint density at radius 2 is 2.06 bits per heavy atom. The summed E-state index contributed by atoms with van der Waals surface area (Å²) in [4.78, 5) is 8.07. The number of rotatable bonds is 6. The number of hydrogen-bond donors (Lipinski definition) is 4. The maximum absolute atomic E-state index is 9.66. The quantitative estimate of drug-likeness (QED) is 0.418. The van der Waals surface area contributed by atoms with Gasteiger partial charge in [0.05, 0.1) is 18.5 Å². The first-order valence-corrected chi connectivity index (χ1v) is 5.32. The Hall–Kier alpha value is -1.40. The number of nitrogens with zero attached hydrogens (tertiary/aromatic N) is 2. The van der Waals surface area contributed by atoms with E-state index in [2.05, 4.69) is 34.6 Å². The van der Waals surface area contributed by atoms with Crippen molar-refractivity contribution in [1.82, 2.24) is 9.97 Å². The van der Waals surface area contributed by atoms with Gasteiger partial charge in [0.2, 0.25) is 0 Å². The van der Waals surface area contributed by atoms with E-state index in [0.29, 0.717) is 24.1 Å². The molecule has 0 saturated heterocycles. The van der Waals surface area contributed by atoms with Crippen molar-refractivity contribution in [3.63, 3.8) is 0 Å². The average Bonchev–Trinajstić information content (AvgIpc) is 2.26. The molecule has 1 rings (SSSR count). The first-order chi connectivity index (χ1) is 7.61. The molecule has 1 aromatic rings. The average molecular weight is 225 g/mol. The van der Waals surface area contributed by atoms with E-state index in [1.54, 1.807) is 6.20 Å². The number of nitrogens with one attached hydrogen (secondary N) is 2. The third kappa shape index (κ3) is 4.41. The number of anilines is 2. The van der Waals surface area contributed by atoms with Gasteiger partial charge in [0.25, 0.3) is 0 Å². The lowest BCUT2D eigenvalue weighted by Gasteiger charge is -2.14. The van der Waals surface area contributed by atoms with Crippen LogP contribution >= 0.6 is 0 Å². The van der Waals surface area contributed by atoms with Crippen molar-refractivity contribution in [3.05, 3.63) is 12.4 Å². The van der Waals surface area contributed by atoms with Crippen LogP contribution in [0.2, 0.25) is 0 Å². The molecule has 0 aliphatic rings. The summed E-state index contributed by atoms with van der Waals surface area (Å²) in [5, 5.41) is 12.7. The van der Waals surface area contributed by atoms with E-state index in [-0.39, 0.29) is 6.10 Å². The predicted octanol–water partition coefficient (Wildman–Crippen LogP) is 0.581. The smallest absolute Gasteiger partial charge is 0.160 e. The molecule has 1 unspecified atom stereocenters. The summed E-state index contributed by atoms with van der Waals surface area (Å²) in [5.41, 5.74) is 2.41. The van der Waals surface area contributed by atoms with Gasteiger partial charge < -0.3 is 15.8 Å². The first-order valence-electron chi connectivity index (χ1n) is 5.32. The van der Waals surface area contributed by atoms with Crippen molar-refractivity contribution in [3.8, 4) is 0 Å². The van der Waals surface area contributed by atoms with Gasteiger partial charge in [0.1, 0.15) is 5.82 Å². The van der Waals surface area contributed by atoms with Crippen molar-refractivity contribution in [2.45, 2.75) is 26.4 Å². The molecule has 0 radical (unpaired) electrons. The molecule has 6 nitrogen and oxygen atoms in total. The maximum atomic E-state index is 9.66. The van der Waals surface area contributed by atoms with E-state index in [9.17, 15) is 5.11 Å². The maximum Gasteiger partial charge on any atom is 0.160 e. The van der Waals surface area contributed by atoms with Crippen LogP contribution in [-0.2, 0) is 0 Å². The van der Waals surface area contributed by atoms with Crippen LogP contribution in [0.4, 0.5) is 11.6 Å². The SMILES string of the molecule is CC(C)CC(O)CNc1cncc(NN)n1. The fraction of sp³-hybridized carbons (Fsp3) is 0.600. The summed E-state index contributed by atoms with van der Waals surface area (Å²) >= 11 is 0. The Balaban J connectivity index is 2.41. The van der Waals surface area contributed by atoms with Crippen LogP contribution in [0.3, 0.4) is 0 Å². The number of aliphatic hydroxyl groups excluding tert-OH is 1. The second-order valence-electron chi connectivity index (χ2n) is 4.10. The lowest BCUT2D eigenvalue weighted by molar-refractivity contribution is 0.161. The Morgan fingerprint density at radius 1 is 1.38 bits per heavy atom. The number of nitrogen functional groups attached to an aromatic ring is 1. The van der Waals surface area contributed by atoms with Crippen molar-refractivity contribution >= 4 is 11.6 Å². The predicted molar refractivity (Wildman–Crippen MR) is 63.8 cm³/mol. The zero-order valence-electron chi connectivity index (χ0n) is 9.64. The van der Waals surface area contributed by atoms with Gasteiger partial charge in [-0.3, -0.25) is 4.98 Å². The van der Waals surface area contributed by atoms with Gasteiger partial charge in [-0.25, -0.2) is 10.8 Å². The lowest BCUT2D eigenvalue weighted by atomic mass is 10.1. The number of nitrogens with two attached hydrogens (primary N) is 1. The van der Waals surface area contributed by atoms with Crippen LogP contribution in [-0.4, -0.2) is 27.7 Å². The minimum atomic E-state index is -0.378. The summed E-state index contributed by atoms with van der Waals surface area (Å²) in [7, 11) is 0. The molecule has 5 N–H and O–H groups in total. The molecule has 0 fully saturated rings. The Labute approximate surface area is 95.3 Å². The fourth-order valence-electron chi connectivity index (χ4n) is 1.37. The van der Waals surface area contributed by atoms with Crippen LogP contribution in [0.5, 0.6) is 0 Å². The van der Waals surface area contributed by atoms with E-state index in [4.69, 9.17) is 5.84 Å². The highest BCUT2D eigenvalue weighted by molar-refractivity contribution is 5.40. The summed E-state index contributed by atoms with van der Waals surface area (Å²) in [6.45, 7) is 4.60. The highest BCUT2D eigenvalue weighted by atomic mass is 16.3. The van der Waals surface area contributed by atoms with Crippen LogP contribution in [0, 0.1) is 5.92 Å². The molecule has 0 aliphatic carbocycles. The molecule has 0 spiro atoms. The zero-order chi connectivity index (χ0) is 12.0. The van der Waals surface area contributed by atoms with E-state index in [1.807, 2.05) is 0 Å². The van der Waals surface area contributed by atoms with Crippen molar-refractivity contribution in [1.29, 1.82) is 0 Å². The summed E-state index contributed by atoms with van der Waals surface area (Å²) in [6.07, 6.45) is 3.49. The van der Waals surface area contributed by atoms with Gasteiger partial charge >= 0.3 is 0 Å². The standard InChI is InChI=1S/C10H19N5O/c1-7(2)3-8(16)4-13-9-5-12-6-10(14-9)15-11/h5-8,16H,3-4,11H2,1-2H3,(H2,13,14,15). The Morgan fingerprint density at radius 3 is 2.69 bits per heavy atom. The summed E-state index contributed by atoms with van der Waals surface area (Å²) in [6, 6.07) is 0. The van der Waals surface area contributed by atoms with Crippen molar-refractivity contribution in [2.24, 2.45) is 11.8 Å². The van der Waals surface area contributed by atoms with E-state index in [1.165, 1.54) is 6.20 Å². The third-order valence-corrected chi connectivity index (χ3v) is 2.04. The summed E-state index contributed by atoms with van der Waals surface area (Å²) < 4.78 is 0. The van der Waals surface area contributed by atoms with Gasteiger partial charge in [-0.05, 0) is 12.3 Å². The molecule has 16 heavy (non-hydrogen) atoms. The molecule has 0 amide bonds. The van der Waals surface area contributed by atoms with Crippen molar-refractivity contribution < 1.29 is 5.11 Å². The number of hydrogen-bond acceptors (Lipinski definition) is 6. The number of aromatic nitrogens is 2. The molecule has 1 aromatic heterocycles. The van der Waals surface area contributed by atoms with Crippen LogP contribution in [0.1, 0.15) is 20.3 Å². The number of aliphatic hydroxyl groups is 1. The molecular weight excluding hydrogens is 206 g/mol. The van der Waals surface area contributed by atoms with E-state index in [0.717, 1.165) is 6.42 Å². The highest BCUT2D eigenvalue weighted by Gasteiger charge is 2.07. The minimum absolute atomic E-state index is 0.378. The second kappa shape index (κ2) is 6.24. The molecule has 0 aromatic carbocycles. The fourth-order valence-corrected chi connectivity index (χ4v) is 1.37. The van der Waals surface area contributed by atoms with E-state index < -0.39 is 0 Å². The molecular formula is C10H19N5O. The monoisotopic (exact) mass is 225 g/mol. The molecule has 0 saturated carbocycles. The van der Waals surface area contributed by atoms with Crippen LogP contribution < -0.4 is 16.6 Å². The zero-order valence-corrected chi connectivity index (χ0v) is 9.64.